The highest BCUT2D eigenvalue weighted by Gasteiger charge is 2.35. The second-order valence-corrected chi connectivity index (χ2v) is 9.08. The molecule has 1 aliphatic rings. The first-order valence-corrected chi connectivity index (χ1v) is 12.8. The summed E-state index contributed by atoms with van der Waals surface area (Å²) in [5.74, 6) is 1.15. The Morgan fingerprint density at radius 3 is 1.83 bits per heavy atom. The van der Waals surface area contributed by atoms with Gasteiger partial charge in [0.2, 0.25) is 6.17 Å². The number of hydrogen-bond donors (Lipinski definition) is 0. The van der Waals surface area contributed by atoms with Crippen LogP contribution >= 0.6 is 0 Å². The van der Waals surface area contributed by atoms with E-state index in [0.717, 1.165) is 12.6 Å². The van der Waals surface area contributed by atoms with Crippen molar-refractivity contribution in [3.63, 3.8) is 0 Å². The van der Waals surface area contributed by atoms with E-state index in [0.29, 0.717) is 11.8 Å². The molecule has 2 rings (SSSR count). The molecule has 2 heteroatoms. The molecule has 1 aromatic carbocycles. The highest BCUT2D eigenvalue weighted by atomic mass is 15.0. The van der Waals surface area contributed by atoms with Gasteiger partial charge in [-0.1, -0.05) is 131 Å². The van der Waals surface area contributed by atoms with Gasteiger partial charge in [-0.25, -0.2) is 0 Å². The van der Waals surface area contributed by atoms with Gasteiger partial charge < -0.3 is 0 Å². The lowest BCUT2D eigenvalue weighted by Crippen LogP contribution is -2.22. The van der Waals surface area contributed by atoms with Gasteiger partial charge in [0.25, 0.3) is 0 Å². The van der Waals surface area contributed by atoms with Gasteiger partial charge in [0.15, 0.2) is 12.4 Å². The van der Waals surface area contributed by atoms with Gasteiger partial charge in [-0.15, -0.1) is 0 Å². The monoisotopic (exact) mass is 409 g/mol. The van der Waals surface area contributed by atoms with Gasteiger partial charge in [-0.05, 0) is 30.7 Å². The number of rotatable bonds is 18. The molecule has 2 nitrogen and oxygen atoms in total. The summed E-state index contributed by atoms with van der Waals surface area (Å²) in [5.41, 5.74) is 1.46. The zero-order valence-electron chi connectivity index (χ0n) is 19.7. The summed E-state index contributed by atoms with van der Waals surface area (Å²) < 4.78 is 0. The summed E-state index contributed by atoms with van der Waals surface area (Å²) >= 11 is 0. The highest BCUT2D eigenvalue weighted by Crippen LogP contribution is 2.36. The fraction of sp³-hybridized carbons (Fsp3) is 0.679. The summed E-state index contributed by atoms with van der Waals surface area (Å²) in [6.45, 7) is 4.58. The number of unbranched alkanes of at least 4 members (excludes halogenated alkanes) is 10. The fourth-order valence-corrected chi connectivity index (χ4v) is 4.71. The molecule has 2 atom stereocenters. The summed E-state index contributed by atoms with van der Waals surface area (Å²) in [6, 6.07) is 11.1. The molecule has 0 saturated carbocycles. The molecule has 0 amide bonds. The van der Waals surface area contributed by atoms with E-state index in [1.54, 1.807) is 0 Å². The first kappa shape index (κ1) is 24.7. The quantitative estimate of drug-likeness (QED) is 0.171. The maximum absolute atomic E-state index is 4.64. The molecule has 1 aromatic rings. The van der Waals surface area contributed by atoms with E-state index >= 15 is 0 Å². The van der Waals surface area contributed by atoms with Crippen molar-refractivity contribution < 1.29 is 0 Å². The largest absolute Gasteiger partial charge is 0.244 e. The first-order valence-electron chi connectivity index (χ1n) is 12.8. The van der Waals surface area contributed by atoms with Gasteiger partial charge in [0.1, 0.15) is 0 Å². The third-order valence-corrected chi connectivity index (χ3v) is 6.52. The molecule has 0 spiro atoms. The molecule has 0 saturated heterocycles. The molecule has 166 valence electrons. The molecule has 30 heavy (non-hydrogen) atoms. The zero-order valence-corrected chi connectivity index (χ0v) is 19.7. The molecule has 1 aliphatic heterocycles. The molecule has 0 bridgehead atoms. The Kier molecular flexibility index (Phi) is 13.3. The minimum Gasteiger partial charge on any atom is -0.0965 e. The number of hydrogen-bond acceptors (Lipinski definition) is 2. The molecular weight excluding hydrogens is 364 g/mol. The van der Waals surface area contributed by atoms with Crippen LogP contribution in [0.15, 0.2) is 40.3 Å². The van der Waals surface area contributed by atoms with Crippen LogP contribution < -0.4 is 0 Å². The Bertz CT molecular complexity index is 566. The zero-order chi connectivity index (χ0) is 21.3. The maximum atomic E-state index is 4.64. The maximum Gasteiger partial charge on any atom is 0.244 e. The second-order valence-electron chi connectivity index (χ2n) is 9.08. The van der Waals surface area contributed by atoms with Crippen molar-refractivity contribution in [1.82, 2.24) is 0 Å². The van der Waals surface area contributed by atoms with Crippen LogP contribution in [0.2, 0.25) is 0 Å². The summed E-state index contributed by atoms with van der Waals surface area (Å²) in [6.07, 6.45) is 25.0. The van der Waals surface area contributed by atoms with Gasteiger partial charge in [-0.3, -0.25) is 0 Å². The van der Waals surface area contributed by atoms with Crippen molar-refractivity contribution in [3.8, 4) is 0 Å². The number of aliphatic imine (C=N–C) groups is 2. The van der Waals surface area contributed by atoms with Gasteiger partial charge in [0, 0.05) is 0 Å². The highest BCUT2D eigenvalue weighted by molar-refractivity contribution is 6.18. The van der Waals surface area contributed by atoms with Crippen LogP contribution in [0.3, 0.4) is 0 Å². The minimum absolute atomic E-state index is 0.501. The van der Waals surface area contributed by atoms with Crippen molar-refractivity contribution in [2.24, 2.45) is 21.8 Å². The van der Waals surface area contributed by atoms with Crippen LogP contribution in [0.5, 0.6) is 0 Å². The molecule has 1 heterocycles. The smallest absolute Gasteiger partial charge is 0.0965 e. The van der Waals surface area contributed by atoms with E-state index in [1.807, 2.05) is 12.4 Å². The van der Waals surface area contributed by atoms with E-state index in [1.165, 1.54) is 95.5 Å². The van der Waals surface area contributed by atoms with Crippen molar-refractivity contribution in [2.75, 3.05) is 0 Å². The predicted octanol–water partition coefficient (Wildman–Crippen LogP) is 8.61. The van der Waals surface area contributed by atoms with E-state index < -0.39 is 0 Å². The van der Waals surface area contributed by atoms with E-state index in [4.69, 9.17) is 0 Å². The van der Waals surface area contributed by atoms with Crippen LogP contribution in [0.4, 0.5) is 0 Å². The van der Waals surface area contributed by atoms with Crippen molar-refractivity contribution >= 4 is 12.4 Å². The van der Waals surface area contributed by atoms with Crippen LogP contribution in [-0.2, 0) is 6.42 Å². The Balaban J connectivity index is 1.86. The second kappa shape index (κ2) is 16.2. The first-order chi connectivity index (χ1) is 14.8. The van der Waals surface area contributed by atoms with E-state index in [2.05, 4.69) is 54.2 Å². The number of nitrogens with zero attached hydrogens (tertiary/aromatic N) is 2. The Morgan fingerprint density at radius 1 is 0.667 bits per heavy atom. The summed E-state index contributed by atoms with van der Waals surface area (Å²) in [7, 11) is 0. The SMILES string of the molecule is CCCCCCCCCCCC(Cc1ccccc1)C(CCCCC)[C+]1N=CC=N1. The van der Waals surface area contributed by atoms with E-state index in [9.17, 15) is 0 Å². The van der Waals surface area contributed by atoms with Gasteiger partial charge >= 0.3 is 0 Å². The molecule has 0 N–H and O–H groups in total. The van der Waals surface area contributed by atoms with Crippen molar-refractivity contribution in [3.05, 3.63) is 42.1 Å². The Morgan fingerprint density at radius 2 is 1.20 bits per heavy atom. The van der Waals surface area contributed by atoms with Crippen LogP contribution in [0.25, 0.3) is 0 Å². The van der Waals surface area contributed by atoms with Gasteiger partial charge in [-0.2, -0.15) is 0 Å². The fourth-order valence-electron chi connectivity index (χ4n) is 4.71. The third-order valence-electron chi connectivity index (χ3n) is 6.52. The Labute approximate surface area is 186 Å². The molecule has 0 aliphatic carbocycles. The van der Waals surface area contributed by atoms with Gasteiger partial charge in [0.05, 0.1) is 5.92 Å². The lowest BCUT2D eigenvalue weighted by atomic mass is 9.78. The molecule has 0 radical (unpaired) electrons. The molecule has 0 aromatic heterocycles. The molecule has 2 unspecified atom stereocenters. The van der Waals surface area contributed by atoms with E-state index in [-0.39, 0.29) is 0 Å². The average Bonchev–Trinajstić information content (AvgIpc) is 3.30. The molecular formula is C28H45N2+. The third kappa shape index (κ3) is 9.96. The lowest BCUT2D eigenvalue weighted by Gasteiger charge is -2.26. The minimum atomic E-state index is 0.501. The van der Waals surface area contributed by atoms with Crippen molar-refractivity contribution in [2.45, 2.75) is 110 Å². The van der Waals surface area contributed by atoms with Crippen LogP contribution in [-0.4, -0.2) is 12.4 Å². The Hall–Kier alpha value is -1.57. The summed E-state index contributed by atoms with van der Waals surface area (Å²) in [4.78, 5) is 9.28. The molecule has 0 fully saturated rings. The summed E-state index contributed by atoms with van der Waals surface area (Å²) in [5, 5.41) is 0. The predicted molar refractivity (Wildman–Crippen MR) is 133 cm³/mol. The van der Waals surface area contributed by atoms with Crippen LogP contribution in [0.1, 0.15) is 109 Å². The topological polar surface area (TPSA) is 24.7 Å². The van der Waals surface area contributed by atoms with Crippen molar-refractivity contribution in [1.29, 1.82) is 0 Å². The normalized spacial score (nSPS) is 15.1. The standard InChI is InChI=1S/C28H45N2/c1-3-5-7-8-9-10-11-12-17-20-26(24-25-18-15-13-16-19-25)27(21-14-6-4-2)28-29-22-23-30-28/h13,15-16,18-19,22-23,26-27H,3-12,14,17,20-21,24H2,1-2H3/q+1. The lowest BCUT2D eigenvalue weighted by molar-refractivity contribution is 0.284. The average molecular weight is 410 g/mol. The van der Waals surface area contributed by atoms with Crippen LogP contribution in [0, 0.1) is 18.0 Å². The number of benzene rings is 1.